The first-order chi connectivity index (χ1) is 6.22. The zero-order valence-corrected chi connectivity index (χ0v) is 7.93. The number of hydrogen-bond acceptors (Lipinski definition) is 3. The van der Waals surface area contributed by atoms with Gasteiger partial charge in [0.05, 0.1) is 0 Å². The normalized spacial score (nSPS) is 9.31. The summed E-state index contributed by atoms with van der Waals surface area (Å²) in [6.07, 6.45) is 0.618. The highest BCUT2D eigenvalue weighted by molar-refractivity contribution is 8.13. The first-order valence-electron chi connectivity index (χ1n) is 3.71. The number of thioether (sulfide) groups is 1. The molecular weight excluding hydrogens is 186 g/mol. The number of rotatable bonds is 3. The van der Waals surface area contributed by atoms with Crippen molar-refractivity contribution < 1.29 is 9.59 Å². The largest absolute Gasteiger partial charge is 0.329 e. The van der Waals surface area contributed by atoms with E-state index in [0.29, 0.717) is 6.41 Å². The Labute approximate surface area is 80.5 Å². The molecule has 13 heavy (non-hydrogen) atoms. The molecule has 0 heterocycles. The van der Waals surface area contributed by atoms with Gasteiger partial charge in [0, 0.05) is 17.5 Å². The topological polar surface area (TPSA) is 46.2 Å². The highest BCUT2D eigenvalue weighted by Crippen LogP contribution is 2.20. The minimum Gasteiger partial charge on any atom is -0.329 e. The summed E-state index contributed by atoms with van der Waals surface area (Å²) < 4.78 is 0. The van der Waals surface area contributed by atoms with Gasteiger partial charge in [-0.25, -0.2) is 0 Å². The Balaban J connectivity index is 2.69. The van der Waals surface area contributed by atoms with E-state index in [9.17, 15) is 9.59 Å². The maximum absolute atomic E-state index is 10.7. The van der Waals surface area contributed by atoms with E-state index < -0.39 is 0 Å². The minimum absolute atomic E-state index is 0.0519. The standard InChI is InChI=1S/C9H9NO2S/c1-7(12)13-9-4-2-8(3-5-9)10-6-11/h2-6H,1H3,(H,10,11). The number of carbonyl (C=O) groups is 2. The third kappa shape index (κ3) is 3.29. The number of carbonyl (C=O) groups excluding carboxylic acids is 2. The molecule has 3 nitrogen and oxygen atoms in total. The number of benzene rings is 1. The summed E-state index contributed by atoms with van der Waals surface area (Å²) in [6.45, 7) is 1.52. The predicted octanol–water partition coefficient (Wildman–Crippen LogP) is 1.89. The van der Waals surface area contributed by atoms with Crippen molar-refractivity contribution >= 4 is 29.0 Å². The molecular formula is C9H9NO2S. The van der Waals surface area contributed by atoms with Crippen molar-refractivity contribution in [2.75, 3.05) is 5.32 Å². The molecule has 1 aromatic carbocycles. The second-order valence-electron chi connectivity index (χ2n) is 2.38. The smallest absolute Gasteiger partial charge is 0.211 e. The van der Waals surface area contributed by atoms with Crippen molar-refractivity contribution in [1.82, 2.24) is 0 Å². The second-order valence-corrected chi connectivity index (χ2v) is 3.63. The van der Waals surface area contributed by atoms with Crippen LogP contribution in [0.15, 0.2) is 29.2 Å². The van der Waals surface area contributed by atoms with Crippen LogP contribution in [0.1, 0.15) is 6.92 Å². The van der Waals surface area contributed by atoms with E-state index in [0.717, 1.165) is 10.6 Å². The summed E-state index contributed by atoms with van der Waals surface area (Å²) in [5.41, 5.74) is 0.725. The molecule has 1 amide bonds. The molecule has 0 radical (unpaired) electrons. The Morgan fingerprint density at radius 2 is 2.00 bits per heavy atom. The molecule has 4 heteroatoms. The summed E-state index contributed by atoms with van der Waals surface area (Å²) in [5, 5.41) is 2.57. The van der Waals surface area contributed by atoms with Crippen molar-refractivity contribution in [1.29, 1.82) is 0 Å². The van der Waals surface area contributed by atoms with Crippen molar-refractivity contribution in [3.8, 4) is 0 Å². The van der Waals surface area contributed by atoms with Gasteiger partial charge < -0.3 is 5.32 Å². The first-order valence-corrected chi connectivity index (χ1v) is 4.52. The Kier molecular flexibility index (Phi) is 3.52. The van der Waals surface area contributed by atoms with Crippen LogP contribution in [0.3, 0.4) is 0 Å². The minimum atomic E-state index is 0.0519. The fourth-order valence-electron chi connectivity index (χ4n) is 0.853. The third-order valence-corrected chi connectivity index (χ3v) is 2.14. The van der Waals surface area contributed by atoms with Gasteiger partial charge in [0.2, 0.25) is 6.41 Å². The first kappa shape index (κ1) is 9.80. The summed E-state index contributed by atoms with van der Waals surface area (Å²) in [5.74, 6) is 0. The molecule has 0 atom stereocenters. The van der Waals surface area contributed by atoms with E-state index in [1.807, 2.05) is 0 Å². The molecule has 0 unspecified atom stereocenters. The Morgan fingerprint density at radius 3 is 2.46 bits per heavy atom. The fraction of sp³-hybridized carbons (Fsp3) is 0.111. The molecule has 0 aliphatic rings. The molecule has 1 aromatic rings. The molecule has 0 fully saturated rings. The maximum Gasteiger partial charge on any atom is 0.211 e. The quantitative estimate of drug-likeness (QED) is 0.591. The molecule has 68 valence electrons. The zero-order valence-electron chi connectivity index (χ0n) is 7.11. The van der Waals surface area contributed by atoms with E-state index in [1.54, 1.807) is 24.3 Å². The summed E-state index contributed by atoms with van der Waals surface area (Å²) in [7, 11) is 0. The van der Waals surface area contributed by atoms with Crippen LogP contribution >= 0.6 is 11.8 Å². The lowest BCUT2D eigenvalue weighted by molar-refractivity contribution is -0.109. The summed E-state index contributed by atoms with van der Waals surface area (Å²) >= 11 is 1.17. The highest BCUT2D eigenvalue weighted by Gasteiger charge is 1.97. The van der Waals surface area contributed by atoms with E-state index >= 15 is 0 Å². The van der Waals surface area contributed by atoms with Crippen molar-refractivity contribution in [3.63, 3.8) is 0 Å². The SMILES string of the molecule is CC(=O)Sc1ccc(NC=O)cc1. The lowest BCUT2D eigenvalue weighted by Crippen LogP contribution is -1.92. The average molecular weight is 195 g/mol. The van der Waals surface area contributed by atoms with Crippen LogP contribution in [0, 0.1) is 0 Å². The molecule has 0 spiro atoms. The lowest BCUT2D eigenvalue weighted by Gasteiger charge is -1.99. The third-order valence-electron chi connectivity index (χ3n) is 1.34. The predicted molar refractivity (Wildman–Crippen MR) is 52.7 cm³/mol. The Bertz CT molecular complexity index is 308. The molecule has 0 saturated carbocycles. The van der Waals surface area contributed by atoms with E-state index in [-0.39, 0.29) is 5.12 Å². The maximum atomic E-state index is 10.7. The second kappa shape index (κ2) is 4.67. The van der Waals surface area contributed by atoms with Crippen LogP contribution < -0.4 is 5.32 Å². The number of amides is 1. The van der Waals surface area contributed by atoms with E-state index in [4.69, 9.17) is 0 Å². The molecule has 0 saturated heterocycles. The van der Waals surface area contributed by atoms with Gasteiger partial charge in [-0.15, -0.1) is 0 Å². The molecule has 0 aliphatic heterocycles. The van der Waals surface area contributed by atoms with Gasteiger partial charge in [0.1, 0.15) is 0 Å². The Morgan fingerprint density at radius 1 is 1.38 bits per heavy atom. The number of hydrogen-bond donors (Lipinski definition) is 1. The lowest BCUT2D eigenvalue weighted by atomic mass is 10.3. The van der Waals surface area contributed by atoms with Crippen molar-refractivity contribution in [2.45, 2.75) is 11.8 Å². The average Bonchev–Trinajstić information content (AvgIpc) is 2.08. The van der Waals surface area contributed by atoms with Gasteiger partial charge >= 0.3 is 0 Å². The van der Waals surface area contributed by atoms with Gasteiger partial charge in [-0.2, -0.15) is 0 Å². The van der Waals surface area contributed by atoms with Crippen LogP contribution in [0.25, 0.3) is 0 Å². The molecule has 1 rings (SSSR count). The molecule has 1 N–H and O–H groups in total. The number of anilines is 1. The Hall–Kier alpha value is -1.29. The molecule has 0 aliphatic carbocycles. The van der Waals surface area contributed by atoms with Crippen LogP contribution in [0.5, 0.6) is 0 Å². The molecule has 0 bridgehead atoms. The highest BCUT2D eigenvalue weighted by atomic mass is 32.2. The van der Waals surface area contributed by atoms with Gasteiger partial charge in [-0.05, 0) is 24.3 Å². The summed E-state index contributed by atoms with van der Waals surface area (Å²) in [6, 6.07) is 7.08. The monoisotopic (exact) mass is 195 g/mol. The van der Waals surface area contributed by atoms with Crippen LogP contribution in [0.4, 0.5) is 5.69 Å². The van der Waals surface area contributed by atoms with Crippen molar-refractivity contribution in [2.24, 2.45) is 0 Å². The van der Waals surface area contributed by atoms with Gasteiger partial charge in [-0.1, -0.05) is 11.8 Å². The van der Waals surface area contributed by atoms with Crippen LogP contribution in [0.2, 0.25) is 0 Å². The summed E-state index contributed by atoms with van der Waals surface area (Å²) in [4.78, 5) is 21.7. The van der Waals surface area contributed by atoms with E-state index in [1.165, 1.54) is 18.7 Å². The number of nitrogens with one attached hydrogen (secondary N) is 1. The van der Waals surface area contributed by atoms with Gasteiger partial charge in [-0.3, -0.25) is 9.59 Å². The van der Waals surface area contributed by atoms with E-state index in [2.05, 4.69) is 5.32 Å². The van der Waals surface area contributed by atoms with Gasteiger partial charge in [0.15, 0.2) is 5.12 Å². The van der Waals surface area contributed by atoms with Crippen LogP contribution in [-0.2, 0) is 9.59 Å². The van der Waals surface area contributed by atoms with Crippen LogP contribution in [-0.4, -0.2) is 11.5 Å². The fourth-order valence-corrected chi connectivity index (χ4v) is 1.46. The van der Waals surface area contributed by atoms with Gasteiger partial charge in [0.25, 0.3) is 0 Å². The van der Waals surface area contributed by atoms with Crippen molar-refractivity contribution in [3.05, 3.63) is 24.3 Å². The zero-order chi connectivity index (χ0) is 9.68. The molecule has 0 aromatic heterocycles.